The molecule has 0 saturated heterocycles. The van der Waals surface area contributed by atoms with E-state index in [1.807, 2.05) is 6.92 Å². The van der Waals surface area contributed by atoms with Crippen LogP contribution >= 0.6 is 11.6 Å². The fraction of sp³-hybridized carbons (Fsp3) is 0.286. The van der Waals surface area contributed by atoms with Crippen molar-refractivity contribution in [2.24, 2.45) is 0 Å². The number of carboxylic acids is 1. The van der Waals surface area contributed by atoms with Crippen LogP contribution in [-0.4, -0.2) is 23.0 Å². The van der Waals surface area contributed by atoms with E-state index in [1.54, 1.807) is 31.2 Å². The molecule has 0 radical (unpaired) electrons. The molecule has 102 valence electrons. The number of aryl methyl sites for hydroxylation is 1. The van der Waals surface area contributed by atoms with Crippen LogP contribution < -0.4 is 5.32 Å². The zero-order valence-electron chi connectivity index (χ0n) is 10.8. The van der Waals surface area contributed by atoms with Gasteiger partial charge in [-0.05, 0) is 44.0 Å². The topological polar surface area (TPSA) is 66.4 Å². The van der Waals surface area contributed by atoms with Crippen molar-refractivity contribution in [3.63, 3.8) is 0 Å². The van der Waals surface area contributed by atoms with Gasteiger partial charge >= 0.3 is 5.97 Å². The molecule has 1 aromatic rings. The number of benzene rings is 1. The average Bonchev–Trinajstić information content (AvgIpc) is 2.32. The third-order valence-electron chi connectivity index (χ3n) is 2.52. The van der Waals surface area contributed by atoms with E-state index in [0.717, 1.165) is 5.56 Å². The Balaban J connectivity index is 2.84. The molecule has 0 aliphatic carbocycles. The van der Waals surface area contributed by atoms with E-state index >= 15 is 0 Å². The van der Waals surface area contributed by atoms with Crippen molar-refractivity contribution in [3.8, 4) is 0 Å². The zero-order valence-corrected chi connectivity index (χ0v) is 11.6. The quantitative estimate of drug-likeness (QED) is 0.816. The van der Waals surface area contributed by atoms with E-state index in [1.165, 1.54) is 6.07 Å². The predicted molar refractivity (Wildman–Crippen MR) is 74.5 cm³/mol. The largest absolute Gasteiger partial charge is 0.480 e. The van der Waals surface area contributed by atoms with Gasteiger partial charge in [0.15, 0.2) is 0 Å². The first-order valence-electron chi connectivity index (χ1n) is 5.86. The van der Waals surface area contributed by atoms with Crippen molar-refractivity contribution in [2.45, 2.75) is 26.3 Å². The molecular weight excluding hydrogens is 266 g/mol. The highest BCUT2D eigenvalue weighted by Gasteiger charge is 2.19. The number of carbonyl (C=O) groups is 2. The van der Waals surface area contributed by atoms with Crippen LogP contribution in [0.3, 0.4) is 0 Å². The van der Waals surface area contributed by atoms with Crippen LogP contribution in [-0.2, 0) is 4.79 Å². The van der Waals surface area contributed by atoms with E-state index < -0.39 is 17.9 Å². The van der Waals surface area contributed by atoms with Crippen molar-refractivity contribution < 1.29 is 14.7 Å². The summed E-state index contributed by atoms with van der Waals surface area (Å²) in [6.07, 6.45) is 3.69. The molecule has 0 aromatic heterocycles. The maximum absolute atomic E-state index is 12.0. The SMILES string of the molecule is C/C=C/CC(NC(=O)c1cc(C)cc(Cl)c1)C(=O)O. The maximum atomic E-state index is 12.0. The molecule has 1 atom stereocenters. The Labute approximate surface area is 117 Å². The highest BCUT2D eigenvalue weighted by atomic mass is 35.5. The third kappa shape index (κ3) is 4.75. The fourth-order valence-corrected chi connectivity index (χ4v) is 1.89. The highest BCUT2D eigenvalue weighted by molar-refractivity contribution is 6.31. The molecule has 0 bridgehead atoms. The molecular formula is C14H16ClNO3. The van der Waals surface area contributed by atoms with Gasteiger partial charge in [-0.25, -0.2) is 4.79 Å². The molecule has 19 heavy (non-hydrogen) atoms. The van der Waals surface area contributed by atoms with Gasteiger partial charge in [0.2, 0.25) is 0 Å². The van der Waals surface area contributed by atoms with Gasteiger partial charge in [-0.15, -0.1) is 0 Å². The Bertz CT molecular complexity index is 491. The van der Waals surface area contributed by atoms with Crippen LogP contribution in [0.2, 0.25) is 5.02 Å². The summed E-state index contributed by atoms with van der Waals surface area (Å²) in [6.45, 7) is 3.61. The lowest BCUT2D eigenvalue weighted by Crippen LogP contribution is -2.40. The Kier molecular flexibility index (Phi) is 5.57. The normalized spacial score (nSPS) is 12.4. The summed E-state index contributed by atoms with van der Waals surface area (Å²) < 4.78 is 0. The molecule has 1 rings (SSSR count). The summed E-state index contributed by atoms with van der Waals surface area (Å²) in [6, 6.07) is 3.96. The smallest absolute Gasteiger partial charge is 0.326 e. The molecule has 0 saturated carbocycles. The summed E-state index contributed by atoms with van der Waals surface area (Å²) in [5.41, 5.74) is 1.20. The van der Waals surface area contributed by atoms with E-state index in [0.29, 0.717) is 10.6 Å². The molecule has 1 aromatic carbocycles. The number of allylic oxidation sites excluding steroid dienone is 1. The third-order valence-corrected chi connectivity index (χ3v) is 2.73. The summed E-state index contributed by atoms with van der Waals surface area (Å²) in [5, 5.41) is 12.0. The second kappa shape index (κ2) is 6.95. The number of hydrogen-bond donors (Lipinski definition) is 2. The number of hydrogen-bond acceptors (Lipinski definition) is 2. The molecule has 0 heterocycles. The minimum absolute atomic E-state index is 0.247. The molecule has 0 aliphatic heterocycles. The fourth-order valence-electron chi connectivity index (χ4n) is 1.60. The Morgan fingerprint density at radius 2 is 2.11 bits per heavy atom. The molecule has 4 nitrogen and oxygen atoms in total. The second-order valence-electron chi connectivity index (χ2n) is 4.19. The first-order valence-corrected chi connectivity index (χ1v) is 6.24. The molecule has 0 fully saturated rings. The number of amides is 1. The maximum Gasteiger partial charge on any atom is 0.326 e. The van der Waals surface area contributed by atoms with Crippen LogP contribution in [0.4, 0.5) is 0 Å². The molecule has 1 unspecified atom stereocenters. The number of aliphatic carboxylic acids is 1. The van der Waals surface area contributed by atoms with Crippen molar-refractivity contribution in [1.29, 1.82) is 0 Å². The highest BCUT2D eigenvalue weighted by Crippen LogP contribution is 2.14. The van der Waals surface area contributed by atoms with E-state index in [4.69, 9.17) is 16.7 Å². The first-order chi connectivity index (χ1) is 8.93. The van der Waals surface area contributed by atoms with Crippen LogP contribution in [0.15, 0.2) is 30.4 Å². The van der Waals surface area contributed by atoms with Crippen LogP contribution in [0.1, 0.15) is 29.3 Å². The number of halogens is 1. The summed E-state index contributed by atoms with van der Waals surface area (Å²) in [5.74, 6) is -1.51. The predicted octanol–water partition coefficient (Wildman–Crippen LogP) is 2.80. The Hall–Kier alpha value is -1.81. The van der Waals surface area contributed by atoms with Crippen LogP contribution in [0.5, 0.6) is 0 Å². The van der Waals surface area contributed by atoms with E-state index in [-0.39, 0.29) is 6.42 Å². The number of nitrogens with one attached hydrogen (secondary N) is 1. The molecule has 0 spiro atoms. The molecule has 0 aliphatic rings. The first kappa shape index (κ1) is 15.2. The summed E-state index contributed by atoms with van der Waals surface area (Å²) >= 11 is 5.87. The van der Waals surface area contributed by atoms with E-state index in [9.17, 15) is 9.59 Å². The minimum Gasteiger partial charge on any atom is -0.480 e. The number of carbonyl (C=O) groups excluding carboxylic acids is 1. The second-order valence-corrected chi connectivity index (χ2v) is 4.62. The Morgan fingerprint density at radius 3 is 2.63 bits per heavy atom. The lowest BCUT2D eigenvalue weighted by atomic mass is 10.1. The Morgan fingerprint density at radius 1 is 1.42 bits per heavy atom. The zero-order chi connectivity index (χ0) is 14.4. The van der Waals surface area contributed by atoms with Gasteiger partial charge in [-0.1, -0.05) is 23.8 Å². The van der Waals surface area contributed by atoms with Gasteiger partial charge in [-0.2, -0.15) is 0 Å². The summed E-state index contributed by atoms with van der Waals surface area (Å²) in [4.78, 5) is 23.0. The van der Waals surface area contributed by atoms with Crippen molar-refractivity contribution in [1.82, 2.24) is 5.32 Å². The lowest BCUT2D eigenvalue weighted by molar-refractivity contribution is -0.139. The monoisotopic (exact) mass is 281 g/mol. The van der Waals surface area contributed by atoms with Gasteiger partial charge in [0.25, 0.3) is 5.91 Å². The van der Waals surface area contributed by atoms with Crippen LogP contribution in [0, 0.1) is 6.92 Å². The molecule has 5 heteroatoms. The van der Waals surface area contributed by atoms with Gasteiger partial charge in [0.05, 0.1) is 0 Å². The molecule has 1 amide bonds. The van der Waals surface area contributed by atoms with Gasteiger partial charge < -0.3 is 10.4 Å². The standard InChI is InChI=1S/C14H16ClNO3/c1-3-4-5-12(14(18)19)16-13(17)10-6-9(2)7-11(15)8-10/h3-4,6-8,12H,5H2,1-2H3,(H,16,17)(H,18,19)/b4-3+. The lowest BCUT2D eigenvalue weighted by Gasteiger charge is -2.13. The van der Waals surface area contributed by atoms with Crippen LogP contribution in [0.25, 0.3) is 0 Å². The van der Waals surface area contributed by atoms with Crippen molar-refractivity contribution in [2.75, 3.05) is 0 Å². The van der Waals surface area contributed by atoms with Gasteiger partial charge in [0.1, 0.15) is 6.04 Å². The van der Waals surface area contributed by atoms with E-state index in [2.05, 4.69) is 5.32 Å². The van der Waals surface area contributed by atoms with Crippen molar-refractivity contribution in [3.05, 3.63) is 46.5 Å². The van der Waals surface area contributed by atoms with Gasteiger partial charge in [-0.3, -0.25) is 4.79 Å². The van der Waals surface area contributed by atoms with Crippen molar-refractivity contribution >= 4 is 23.5 Å². The number of rotatable bonds is 5. The minimum atomic E-state index is -1.06. The van der Waals surface area contributed by atoms with Gasteiger partial charge in [0, 0.05) is 10.6 Å². The number of carboxylic acid groups (broad SMARTS) is 1. The molecule has 2 N–H and O–H groups in total. The average molecular weight is 282 g/mol. The summed E-state index contributed by atoms with van der Waals surface area (Å²) in [7, 11) is 0.